The van der Waals surface area contributed by atoms with Crippen molar-refractivity contribution in [1.82, 2.24) is 10.2 Å². The van der Waals surface area contributed by atoms with Crippen LogP contribution >= 0.6 is 23.1 Å². The fraction of sp³-hybridized carbons (Fsp3) is 0.667. The van der Waals surface area contributed by atoms with E-state index < -0.39 is 0 Å². The summed E-state index contributed by atoms with van der Waals surface area (Å²) in [7, 11) is 0. The van der Waals surface area contributed by atoms with Crippen LogP contribution in [-0.4, -0.2) is 42.6 Å². The first-order valence-electron chi connectivity index (χ1n) is 5.90. The second-order valence-corrected chi connectivity index (χ2v) is 6.38. The topological polar surface area (TPSA) is 15.3 Å². The van der Waals surface area contributed by atoms with E-state index in [9.17, 15) is 0 Å². The highest BCUT2D eigenvalue weighted by Crippen LogP contribution is 2.14. The lowest BCUT2D eigenvalue weighted by atomic mass is 10.3. The third-order valence-electron chi connectivity index (χ3n) is 2.96. The Hall–Kier alpha value is -0.0300. The summed E-state index contributed by atoms with van der Waals surface area (Å²) in [5.41, 5.74) is 1.42. The minimum atomic E-state index is 1.03. The van der Waals surface area contributed by atoms with Crippen molar-refractivity contribution < 1.29 is 0 Å². The van der Waals surface area contributed by atoms with Crippen LogP contribution in [0.4, 0.5) is 0 Å². The maximum Gasteiger partial charge on any atom is 0.0302 e. The molecule has 0 radical (unpaired) electrons. The molecule has 0 spiro atoms. The standard InChI is InChI=1S/C12H20N2S2/c1-11-2-7-16-12(11)10-13-3-4-14-5-8-15-9-6-14/h2,7,13H,3-6,8-10H2,1H3. The van der Waals surface area contributed by atoms with Crippen LogP contribution in [0.25, 0.3) is 0 Å². The van der Waals surface area contributed by atoms with E-state index in [0.29, 0.717) is 0 Å². The molecule has 0 atom stereocenters. The number of hydrogen-bond donors (Lipinski definition) is 1. The molecule has 0 saturated carbocycles. The Bertz CT molecular complexity index is 306. The third-order valence-corrected chi connectivity index (χ3v) is 4.93. The van der Waals surface area contributed by atoms with Gasteiger partial charge in [-0.25, -0.2) is 0 Å². The van der Waals surface area contributed by atoms with Crippen molar-refractivity contribution in [2.24, 2.45) is 0 Å². The van der Waals surface area contributed by atoms with E-state index in [0.717, 1.165) is 13.1 Å². The van der Waals surface area contributed by atoms with Crippen molar-refractivity contribution in [2.75, 3.05) is 37.7 Å². The smallest absolute Gasteiger partial charge is 0.0302 e. The van der Waals surface area contributed by atoms with Gasteiger partial charge >= 0.3 is 0 Å². The molecule has 2 heterocycles. The lowest BCUT2D eigenvalue weighted by Crippen LogP contribution is -2.37. The van der Waals surface area contributed by atoms with Crippen molar-refractivity contribution in [3.8, 4) is 0 Å². The molecule has 1 aliphatic heterocycles. The second kappa shape index (κ2) is 6.64. The molecule has 1 aromatic heterocycles. The first kappa shape index (κ1) is 12.4. The van der Waals surface area contributed by atoms with Crippen LogP contribution in [0.2, 0.25) is 0 Å². The minimum absolute atomic E-state index is 1.03. The normalized spacial score (nSPS) is 17.8. The van der Waals surface area contributed by atoms with Gasteiger partial charge in [-0.05, 0) is 23.9 Å². The Morgan fingerprint density at radius 3 is 2.88 bits per heavy atom. The summed E-state index contributed by atoms with van der Waals surface area (Å²) in [6, 6.07) is 2.20. The number of hydrogen-bond acceptors (Lipinski definition) is 4. The number of nitrogens with one attached hydrogen (secondary N) is 1. The van der Waals surface area contributed by atoms with Crippen LogP contribution < -0.4 is 5.32 Å². The Balaban J connectivity index is 1.59. The highest BCUT2D eigenvalue weighted by atomic mass is 32.2. The molecule has 0 amide bonds. The lowest BCUT2D eigenvalue weighted by molar-refractivity contribution is 0.301. The van der Waals surface area contributed by atoms with Crippen molar-refractivity contribution in [3.05, 3.63) is 21.9 Å². The predicted octanol–water partition coefficient (Wildman–Crippen LogP) is 2.19. The number of rotatable bonds is 5. The zero-order chi connectivity index (χ0) is 11.2. The maximum absolute atomic E-state index is 3.54. The van der Waals surface area contributed by atoms with Gasteiger partial charge in [-0.1, -0.05) is 0 Å². The average molecular weight is 256 g/mol. The van der Waals surface area contributed by atoms with Crippen LogP contribution in [-0.2, 0) is 6.54 Å². The summed E-state index contributed by atoms with van der Waals surface area (Å²) in [6.07, 6.45) is 0. The van der Waals surface area contributed by atoms with Crippen LogP contribution in [0, 0.1) is 6.92 Å². The molecule has 2 nitrogen and oxygen atoms in total. The Labute approximate surface area is 106 Å². The number of nitrogens with zero attached hydrogens (tertiary/aromatic N) is 1. The molecule has 1 aliphatic rings. The highest BCUT2D eigenvalue weighted by molar-refractivity contribution is 7.99. The van der Waals surface area contributed by atoms with E-state index in [1.807, 2.05) is 11.3 Å². The first-order valence-corrected chi connectivity index (χ1v) is 7.93. The minimum Gasteiger partial charge on any atom is -0.311 e. The number of aryl methyl sites for hydroxylation is 1. The van der Waals surface area contributed by atoms with E-state index in [-0.39, 0.29) is 0 Å². The van der Waals surface area contributed by atoms with E-state index in [2.05, 4.69) is 40.3 Å². The summed E-state index contributed by atoms with van der Waals surface area (Å²) >= 11 is 3.93. The summed E-state index contributed by atoms with van der Waals surface area (Å²) in [6.45, 7) is 8.07. The molecule has 0 aromatic carbocycles. The molecule has 16 heavy (non-hydrogen) atoms. The molecular formula is C12H20N2S2. The summed E-state index contributed by atoms with van der Waals surface area (Å²) in [5.74, 6) is 2.62. The quantitative estimate of drug-likeness (QED) is 0.813. The Morgan fingerprint density at radius 1 is 1.38 bits per heavy atom. The van der Waals surface area contributed by atoms with Crippen molar-refractivity contribution in [3.63, 3.8) is 0 Å². The summed E-state index contributed by atoms with van der Waals surface area (Å²) in [5, 5.41) is 5.71. The maximum atomic E-state index is 3.54. The Morgan fingerprint density at radius 2 is 2.19 bits per heavy atom. The molecular weight excluding hydrogens is 236 g/mol. The van der Waals surface area contributed by atoms with Gasteiger partial charge in [0.15, 0.2) is 0 Å². The summed E-state index contributed by atoms with van der Waals surface area (Å²) in [4.78, 5) is 4.04. The van der Waals surface area contributed by atoms with Crippen LogP contribution in [0.15, 0.2) is 11.4 Å². The SMILES string of the molecule is Cc1ccsc1CNCCN1CCSCC1. The van der Waals surface area contributed by atoms with Gasteiger partial charge < -0.3 is 10.2 Å². The zero-order valence-corrected chi connectivity index (χ0v) is 11.5. The molecule has 1 fully saturated rings. The fourth-order valence-corrected chi connectivity index (χ4v) is 3.70. The average Bonchev–Trinajstić information content (AvgIpc) is 2.72. The highest BCUT2D eigenvalue weighted by Gasteiger charge is 2.09. The molecule has 1 saturated heterocycles. The van der Waals surface area contributed by atoms with E-state index in [4.69, 9.17) is 0 Å². The van der Waals surface area contributed by atoms with E-state index in [1.54, 1.807) is 0 Å². The van der Waals surface area contributed by atoms with E-state index >= 15 is 0 Å². The van der Waals surface area contributed by atoms with Gasteiger partial charge in [-0.2, -0.15) is 11.8 Å². The van der Waals surface area contributed by atoms with Gasteiger partial charge in [0.1, 0.15) is 0 Å². The van der Waals surface area contributed by atoms with E-state index in [1.165, 1.54) is 41.6 Å². The summed E-state index contributed by atoms with van der Waals surface area (Å²) < 4.78 is 0. The van der Waals surface area contributed by atoms with Crippen LogP contribution in [0.3, 0.4) is 0 Å². The lowest BCUT2D eigenvalue weighted by Gasteiger charge is -2.26. The molecule has 0 bridgehead atoms. The van der Waals surface area contributed by atoms with Gasteiger partial charge in [0.05, 0.1) is 0 Å². The van der Waals surface area contributed by atoms with Crippen LogP contribution in [0.5, 0.6) is 0 Å². The third kappa shape index (κ3) is 3.77. The molecule has 4 heteroatoms. The largest absolute Gasteiger partial charge is 0.311 e. The van der Waals surface area contributed by atoms with Crippen molar-refractivity contribution >= 4 is 23.1 Å². The van der Waals surface area contributed by atoms with Gasteiger partial charge in [0, 0.05) is 49.1 Å². The Kier molecular flexibility index (Phi) is 5.16. The van der Waals surface area contributed by atoms with Gasteiger partial charge in [0.2, 0.25) is 0 Å². The van der Waals surface area contributed by atoms with Crippen LogP contribution in [0.1, 0.15) is 10.4 Å². The monoisotopic (exact) mass is 256 g/mol. The van der Waals surface area contributed by atoms with Gasteiger partial charge in [0.25, 0.3) is 0 Å². The van der Waals surface area contributed by atoms with Crippen molar-refractivity contribution in [1.29, 1.82) is 0 Å². The fourth-order valence-electron chi connectivity index (χ4n) is 1.85. The van der Waals surface area contributed by atoms with Gasteiger partial charge in [-0.3, -0.25) is 0 Å². The zero-order valence-electron chi connectivity index (χ0n) is 9.87. The molecule has 0 unspecified atom stereocenters. The molecule has 90 valence electrons. The second-order valence-electron chi connectivity index (χ2n) is 4.16. The predicted molar refractivity (Wildman–Crippen MR) is 74.5 cm³/mol. The number of thiophene rings is 1. The number of thioether (sulfide) groups is 1. The molecule has 1 aromatic rings. The molecule has 1 N–H and O–H groups in total. The van der Waals surface area contributed by atoms with Crippen molar-refractivity contribution in [2.45, 2.75) is 13.5 Å². The molecule has 2 rings (SSSR count). The first-order chi connectivity index (χ1) is 7.86. The molecule has 0 aliphatic carbocycles. The van der Waals surface area contributed by atoms with Gasteiger partial charge in [-0.15, -0.1) is 11.3 Å².